The molecule has 0 amide bonds. The van der Waals surface area contributed by atoms with Gasteiger partial charge in [0.1, 0.15) is 5.69 Å². The van der Waals surface area contributed by atoms with Crippen molar-refractivity contribution >= 4 is 22.2 Å². The Kier molecular flexibility index (Phi) is 3.19. The van der Waals surface area contributed by atoms with Crippen molar-refractivity contribution in [2.75, 3.05) is 0 Å². The number of hydrogen-bond acceptors (Lipinski definition) is 2. The lowest BCUT2D eigenvalue weighted by atomic mass is 10.2. The highest BCUT2D eigenvalue weighted by Crippen LogP contribution is 2.20. The molecule has 1 aromatic heterocycles. The lowest BCUT2D eigenvalue weighted by molar-refractivity contribution is 0.111. The first-order valence-corrected chi connectivity index (χ1v) is 5.73. The van der Waals surface area contributed by atoms with Crippen LogP contribution < -0.4 is 0 Å². The van der Waals surface area contributed by atoms with Crippen LogP contribution >= 0.6 is 15.9 Å². The molecule has 0 saturated heterocycles. The molecule has 82 valence electrons. The van der Waals surface area contributed by atoms with Crippen LogP contribution in [0.3, 0.4) is 0 Å². The van der Waals surface area contributed by atoms with Crippen LogP contribution in [0, 0.1) is 6.92 Å². The second kappa shape index (κ2) is 4.61. The van der Waals surface area contributed by atoms with E-state index in [1.807, 2.05) is 37.3 Å². The van der Waals surface area contributed by atoms with Crippen LogP contribution in [-0.2, 0) is 6.54 Å². The van der Waals surface area contributed by atoms with Crippen LogP contribution in [-0.4, -0.2) is 16.1 Å². The lowest BCUT2D eigenvalue weighted by Gasteiger charge is -2.03. The molecule has 16 heavy (non-hydrogen) atoms. The molecule has 1 heterocycles. The quantitative estimate of drug-likeness (QED) is 0.810. The molecule has 2 aromatic rings. The highest BCUT2D eigenvalue weighted by Gasteiger charge is 2.11. The minimum atomic E-state index is 0.585. The number of rotatable bonds is 3. The number of benzene rings is 1. The number of aldehydes is 1. The standard InChI is InChI=1S/C12H11BrN2O/c1-9-12(13)11(8-16)15(14-9)7-10-5-3-2-4-6-10/h2-6,8H,7H2,1H3. The molecule has 3 nitrogen and oxygen atoms in total. The number of aromatic nitrogens is 2. The number of nitrogens with zero attached hydrogens (tertiary/aromatic N) is 2. The first kappa shape index (κ1) is 11.1. The van der Waals surface area contributed by atoms with E-state index >= 15 is 0 Å². The maximum Gasteiger partial charge on any atom is 0.169 e. The molecule has 0 saturated carbocycles. The zero-order valence-corrected chi connectivity index (χ0v) is 10.4. The fourth-order valence-electron chi connectivity index (χ4n) is 1.57. The first-order valence-electron chi connectivity index (χ1n) is 4.94. The zero-order chi connectivity index (χ0) is 11.5. The second-order valence-corrected chi connectivity index (χ2v) is 4.34. The molecule has 0 radical (unpaired) electrons. The third kappa shape index (κ3) is 2.07. The Hall–Kier alpha value is -1.42. The van der Waals surface area contributed by atoms with Gasteiger partial charge in [-0.1, -0.05) is 30.3 Å². The van der Waals surface area contributed by atoms with E-state index in [1.54, 1.807) is 4.68 Å². The van der Waals surface area contributed by atoms with Gasteiger partial charge in [-0.15, -0.1) is 0 Å². The third-order valence-corrected chi connectivity index (χ3v) is 3.36. The fraction of sp³-hybridized carbons (Fsp3) is 0.167. The average Bonchev–Trinajstić information content (AvgIpc) is 2.56. The maximum atomic E-state index is 11.0. The monoisotopic (exact) mass is 278 g/mol. The van der Waals surface area contributed by atoms with Crippen LogP contribution in [0.25, 0.3) is 0 Å². The van der Waals surface area contributed by atoms with Gasteiger partial charge in [0.2, 0.25) is 0 Å². The van der Waals surface area contributed by atoms with E-state index in [9.17, 15) is 4.79 Å². The zero-order valence-electron chi connectivity index (χ0n) is 8.85. The van der Waals surface area contributed by atoms with Gasteiger partial charge in [0.15, 0.2) is 6.29 Å². The van der Waals surface area contributed by atoms with Crippen LogP contribution in [0.4, 0.5) is 0 Å². The van der Waals surface area contributed by atoms with Gasteiger partial charge in [0, 0.05) is 0 Å². The molecular weight excluding hydrogens is 268 g/mol. The summed E-state index contributed by atoms with van der Waals surface area (Å²) in [6.07, 6.45) is 0.826. The summed E-state index contributed by atoms with van der Waals surface area (Å²) in [6, 6.07) is 9.94. The van der Waals surface area contributed by atoms with Crippen LogP contribution in [0.2, 0.25) is 0 Å². The van der Waals surface area contributed by atoms with Gasteiger partial charge < -0.3 is 0 Å². The van der Waals surface area contributed by atoms with Gasteiger partial charge >= 0.3 is 0 Å². The molecule has 0 aliphatic rings. The van der Waals surface area contributed by atoms with Crippen molar-refractivity contribution in [2.45, 2.75) is 13.5 Å². The van der Waals surface area contributed by atoms with Crippen molar-refractivity contribution in [1.82, 2.24) is 9.78 Å². The summed E-state index contributed by atoms with van der Waals surface area (Å²) in [5.74, 6) is 0. The summed E-state index contributed by atoms with van der Waals surface area (Å²) in [5.41, 5.74) is 2.54. The van der Waals surface area contributed by atoms with Gasteiger partial charge in [-0.2, -0.15) is 5.10 Å². The predicted octanol–water partition coefficient (Wildman–Crippen LogP) is 2.81. The topological polar surface area (TPSA) is 34.9 Å². The number of carbonyl (C=O) groups excluding carboxylic acids is 1. The molecule has 0 fully saturated rings. The van der Waals surface area contributed by atoms with Crippen LogP contribution in [0.5, 0.6) is 0 Å². The van der Waals surface area contributed by atoms with Crippen molar-refractivity contribution in [2.24, 2.45) is 0 Å². The van der Waals surface area contributed by atoms with E-state index in [4.69, 9.17) is 0 Å². The summed E-state index contributed by atoms with van der Waals surface area (Å²) in [4.78, 5) is 11.0. The van der Waals surface area contributed by atoms with Gasteiger partial charge in [-0.05, 0) is 28.4 Å². The Morgan fingerprint density at radius 1 is 1.38 bits per heavy atom. The predicted molar refractivity (Wildman–Crippen MR) is 65.6 cm³/mol. The van der Waals surface area contributed by atoms with Gasteiger partial charge in [0.25, 0.3) is 0 Å². The average molecular weight is 279 g/mol. The Bertz CT molecular complexity index is 505. The highest BCUT2D eigenvalue weighted by molar-refractivity contribution is 9.10. The van der Waals surface area contributed by atoms with Crippen molar-refractivity contribution in [3.05, 3.63) is 51.8 Å². The molecule has 0 aliphatic heterocycles. The maximum absolute atomic E-state index is 11.0. The fourth-order valence-corrected chi connectivity index (χ4v) is 1.94. The Balaban J connectivity index is 2.35. The number of hydrogen-bond donors (Lipinski definition) is 0. The van der Waals surface area contributed by atoms with Crippen LogP contribution in [0.15, 0.2) is 34.8 Å². The molecule has 1 aromatic carbocycles. The largest absolute Gasteiger partial charge is 0.296 e. The second-order valence-electron chi connectivity index (χ2n) is 3.55. The molecule has 4 heteroatoms. The Labute approximate surface area is 102 Å². The molecule has 0 spiro atoms. The summed E-state index contributed by atoms with van der Waals surface area (Å²) in [6.45, 7) is 2.49. The molecule has 0 N–H and O–H groups in total. The summed E-state index contributed by atoms with van der Waals surface area (Å²) in [7, 11) is 0. The molecule has 2 rings (SSSR count). The van der Waals surface area contributed by atoms with Crippen molar-refractivity contribution in [1.29, 1.82) is 0 Å². The first-order chi connectivity index (χ1) is 7.72. The van der Waals surface area contributed by atoms with Crippen LogP contribution in [0.1, 0.15) is 21.7 Å². The van der Waals surface area contributed by atoms with Crippen molar-refractivity contribution < 1.29 is 4.79 Å². The normalized spacial score (nSPS) is 10.4. The molecule has 0 aliphatic carbocycles. The third-order valence-electron chi connectivity index (χ3n) is 2.38. The Morgan fingerprint density at radius 2 is 2.06 bits per heavy atom. The van der Waals surface area contributed by atoms with Crippen molar-refractivity contribution in [3.8, 4) is 0 Å². The van der Waals surface area contributed by atoms with Gasteiger partial charge in [-0.3, -0.25) is 9.48 Å². The summed E-state index contributed by atoms with van der Waals surface area (Å²) in [5, 5.41) is 4.31. The van der Waals surface area contributed by atoms with E-state index in [-0.39, 0.29) is 0 Å². The van der Waals surface area contributed by atoms with E-state index in [2.05, 4.69) is 21.0 Å². The van der Waals surface area contributed by atoms with E-state index in [0.29, 0.717) is 12.2 Å². The molecule has 0 bridgehead atoms. The minimum Gasteiger partial charge on any atom is -0.296 e. The van der Waals surface area contributed by atoms with E-state index in [0.717, 1.165) is 22.0 Å². The minimum absolute atomic E-state index is 0.585. The lowest BCUT2D eigenvalue weighted by Crippen LogP contribution is -2.05. The SMILES string of the molecule is Cc1nn(Cc2ccccc2)c(C=O)c1Br. The highest BCUT2D eigenvalue weighted by atomic mass is 79.9. The number of halogens is 1. The molecule has 0 unspecified atom stereocenters. The van der Waals surface area contributed by atoms with Gasteiger partial charge in [-0.25, -0.2) is 0 Å². The number of carbonyl (C=O) groups is 1. The Morgan fingerprint density at radius 3 is 2.69 bits per heavy atom. The van der Waals surface area contributed by atoms with Crippen molar-refractivity contribution in [3.63, 3.8) is 0 Å². The van der Waals surface area contributed by atoms with Gasteiger partial charge in [0.05, 0.1) is 16.7 Å². The smallest absolute Gasteiger partial charge is 0.169 e. The number of aryl methyl sites for hydroxylation is 1. The summed E-state index contributed by atoms with van der Waals surface area (Å²) < 4.78 is 2.49. The summed E-state index contributed by atoms with van der Waals surface area (Å²) >= 11 is 3.36. The van der Waals surface area contributed by atoms with E-state index < -0.39 is 0 Å². The van der Waals surface area contributed by atoms with E-state index in [1.165, 1.54) is 0 Å². The molecular formula is C12H11BrN2O. The molecule has 0 atom stereocenters.